The van der Waals surface area contributed by atoms with Crippen LogP contribution in [-0.2, 0) is 16.4 Å². The number of rotatable bonds is 3. The summed E-state index contributed by atoms with van der Waals surface area (Å²) in [5, 5.41) is 6.82. The summed E-state index contributed by atoms with van der Waals surface area (Å²) in [4.78, 5) is 4.02. The Labute approximate surface area is 88.0 Å². The van der Waals surface area contributed by atoms with Crippen molar-refractivity contribution in [1.82, 2.24) is 15.5 Å². The van der Waals surface area contributed by atoms with Crippen molar-refractivity contribution in [3.05, 3.63) is 11.7 Å². The summed E-state index contributed by atoms with van der Waals surface area (Å²) in [6.07, 6.45) is 0.666. The molecule has 1 aromatic heterocycles. The lowest BCUT2D eigenvalue weighted by Gasteiger charge is -2.07. The van der Waals surface area contributed by atoms with E-state index < -0.39 is 9.84 Å². The molecule has 1 fully saturated rings. The highest BCUT2D eigenvalue weighted by Crippen LogP contribution is 2.11. The molecule has 1 aliphatic rings. The fourth-order valence-corrected chi connectivity index (χ4v) is 3.31. The van der Waals surface area contributed by atoms with E-state index in [1.54, 1.807) is 6.92 Å². The number of hydrogen-bond acceptors (Lipinski definition) is 6. The average Bonchev–Trinajstić information content (AvgIpc) is 2.69. The van der Waals surface area contributed by atoms with Crippen molar-refractivity contribution < 1.29 is 12.9 Å². The van der Waals surface area contributed by atoms with Gasteiger partial charge in [0.25, 0.3) is 0 Å². The Bertz CT molecular complexity index is 440. The molecule has 2 rings (SSSR count). The topological polar surface area (TPSA) is 85.1 Å². The zero-order chi connectivity index (χ0) is 10.9. The predicted molar refractivity (Wildman–Crippen MR) is 52.9 cm³/mol. The molecule has 0 radical (unpaired) electrons. The van der Waals surface area contributed by atoms with Crippen LogP contribution in [-0.4, -0.2) is 36.1 Å². The molecular weight excluding hydrogens is 218 g/mol. The second kappa shape index (κ2) is 3.90. The molecule has 0 spiro atoms. The van der Waals surface area contributed by atoms with Crippen molar-refractivity contribution >= 4 is 9.84 Å². The maximum Gasteiger partial charge on any atom is 0.223 e. The fourth-order valence-electron chi connectivity index (χ4n) is 1.60. The lowest BCUT2D eigenvalue weighted by atomic mass is 10.2. The van der Waals surface area contributed by atoms with Gasteiger partial charge < -0.3 is 9.84 Å². The van der Waals surface area contributed by atoms with Gasteiger partial charge in [-0.2, -0.15) is 4.98 Å². The van der Waals surface area contributed by atoms with Gasteiger partial charge in [-0.05, 0) is 6.42 Å². The van der Waals surface area contributed by atoms with Gasteiger partial charge in [-0.3, -0.25) is 0 Å². The second-order valence-corrected chi connectivity index (χ2v) is 5.94. The number of aromatic nitrogens is 2. The highest BCUT2D eigenvalue weighted by molar-refractivity contribution is 7.91. The first-order valence-electron chi connectivity index (χ1n) is 4.78. The van der Waals surface area contributed by atoms with Crippen LogP contribution in [0.5, 0.6) is 0 Å². The smallest absolute Gasteiger partial charge is 0.223 e. The SMILES string of the molecule is Cc1nc(CNC2CCS(=O)(=O)C2)no1. The summed E-state index contributed by atoms with van der Waals surface area (Å²) in [5.74, 6) is 1.57. The Hall–Kier alpha value is -0.950. The molecule has 84 valence electrons. The normalized spacial score (nSPS) is 24.5. The monoisotopic (exact) mass is 231 g/mol. The van der Waals surface area contributed by atoms with Gasteiger partial charge in [0.05, 0.1) is 18.1 Å². The zero-order valence-corrected chi connectivity index (χ0v) is 9.25. The van der Waals surface area contributed by atoms with Crippen molar-refractivity contribution in [1.29, 1.82) is 0 Å². The molecule has 15 heavy (non-hydrogen) atoms. The highest BCUT2D eigenvalue weighted by atomic mass is 32.2. The molecule has 0 aromatic carbocycles. The van der Waals surface area contributed by atoms with Gasteiger partial charge in [0, 0.05) is 13.0 Å². The van der Waals surface area contributed by atoms with Crippen molar-refractivity contribution in [3.8, 4) is 0 Å². The first-order valence-corrected chi connectivity index (χ1v) is 6.60. The van der Waals surface area contributed by atoms with Crippen LogP contribution < -0.4 is 5.32 Å². The van der Waals surface area contributed by atoms with Crippen LogP contribution in [0, 0.1) is 6.92 Å². The molecule has 0 bridgehead atoms. The van der Waals surface area contributed by atoms with E-state index in [9.17, 15) is 8.42 Å². The van der Waals surface area contributed by atoms with Crippen LogP contribution in [0.4, 0.5) is 0 Å². The van der Waals surface area contributed by atoms with E-state index in [2.05, 4.69) is 15.5 Å². The fraction of sp³-hybridized carbons (Fsp3) is 0.750. The third kappa shape index (κ3) is 2.75. The molecule has 1 atom stereocenters. The second-order valence-electron chi connectivity index (χ2n) is 3.71. The zero-order valence-electron chi connectivity index (χ0n) is 8.43. The van der Waals surface area contributed by atoms with Crippen molar-refractivity contribution in [3.63, 3.8) is 0 Å². The highest BCUT2D eigenvalue weighted by Gasteiger charge is 2.27. The molecule has 0 aliphatic carbocycles. The standard InChI is InChI=1S/C8H13N3O3S/c1-6-10-8(11-14-6)4-9-7-2-3-15(12,13)5-7/h7,9H,2-5H2,1H3. The first kappa shape index (κ1) is 10.6. The molecule has 2 heterocycles. The lowest BCUT2D eigenvalue weighted by molar-refractivity contribution is 0.384. The molecule has 1 aliphatic heterocycles. The summed E-state index contributed by atoms with van der Waals surface area (Å²) in [7, 11) is -2.82. The first-order chi connectivity index (χ1) is 7.05. The third-order valence-corrected chi connectivity index (χ3v) is 4.12. The number of nitrogens with zero attached hydrogens (tertiary/aromatic N) is 2. The van der Waals surface area contributed by atoms with E-state index in [0.29, 0.717) is 24.7 Å². The maximum atomic E-state index is 11.2. The minimum absolute atomic E-state index is 0.0220. The van der Waals surface area contributed by atoms with Crippen LogP contribution >= 0.6 is 0 Å². The quantitative estimate of drug-likeness (QED) is 0.765. The molecule has 0 amide bonds. The molecular formula is C8H13N3O3S. The minimum Gasteiger partial charge on any atom is -0.340 e. The van der Waals surface area contributed by atoms with E-state index in [1.807, 2.05) is 0 Å². The van der Waals surface area contributed by atoms with Crippen LogP contribution in [0.1, 0.15) is 18.1 Å². The minimum atomic E-state index is -2.82. The molecule has 1 aromatic rings. The number of nitrogens with one attached hydrogen (secondary N) is 1. The van der Waals surface area contributed by atoms with Gasteiger partial charge in [-0.25, -0.2) is 8.42 Å². The molecule has 0 saturated carbocycles. The van der Waals surface area contributed by atoms with E-state index in [4.69, 9.17) is 4.52 Å². The molecule has 7 heteroatoms. The lowest BCUT2D eigenvalue weighted by Crippen LogP contribution is -2.29. The van der Waals surface area contributed by atoms with Crippen molar-refractivity contribution in [2.75, 3.05) is 11.5 Å². The van der Waals surface area contributed by atoms with Crippen molar-refractivity contribution in [2.45, 2.75) is 25.9 Å². The molecule has 6 nitrogen and oxygen atoms in total. The Morgan fingerprint density at radius 1 is 1.60 bits per heavy atom. The maximum absolute atomic E-state index is 11.2. The van der Waals surface area contributed by atoms with Crippen molar-refractivity contribution in [2.24, 2.45) is 0 Å². The van der Waals surface area contributed by atoms with Crippen LogP contribution in [0.25, 0.3) is 0 Å². The Morgan fingerprint density at radius 3 is 2.93 bits per heavy atom. The summed E-state index contributed by atoms with van der Waals surface area (Å²) < 4.78 is 27.1. The Balaban J connectivity index is 1.85. The largest absolute Gasteiger partial charge is 0.340 e. The third-order valence-electron chi connectivity index (χ3n) is 2.35. The predicted octanol–water partition coefficient (Wildman–Crippen LogP) is -0.345. The number of aryl methyl sites for hydroxylation is 1. The Morgan fingerprint density at radius 2 is 2.40 bits per heavy atom. The van der Waals surface area contributed by atoms with E-state index in [1.165, 1.54) is 0 Å². The molecule has 1 N–H and O–H groups in total. The van der Waals surface area contributed by atoms with Gasteiger partial charge in [0.1, 0.15) is 0 Å². The Kier molecular flexibility index (Phi) is 2.74. The van der Waals surface area contributed by atoms with Gasteiger partial charge in [-0.1, -0.05) is 5.16 Å². The number of hydrogen-bond donors (Lipinski definition) is 1. The van der Waals surface area contributed by atoms with E-state index in [-0.39, 0.29) is 17.5 Å². The van der Waals surface area contributed by atoms with Crippen LogP contribution in [0.3, 0.4) is 0 Å². The van der Waals surface area contributed by atoms with Gasteiger partial charge >= 0.3 is 0 Å². The molecule has 1 saturated heterocycles. The number of sulfone groups is 1. The average molecular weight is 231 g/mol. The van der Waals surface area contributed by atoms with Crippen LogP contribution in [0.15, 0.2) is 4.52 Å². The van der Waals surface area contributed by atoms with Crippen LogP contribution in [0.2, 0.25) is 0 Å². The summed E-state index contributed by atoms with van der Waals surface area (Å²) in [6.45, 7) is 2.17. The van der Waals surface area contributed by atoms with Gasteiger partial charge in [-0.15, -0.1) is 0 Å². The summed E-state index contributed by atoms with van der Waals surface area (Å²) in [5.41, 5.74) is 0. The molecule has 1 unspecified atom stereocenters. The van der Waals surface area contributed by atoms with E-state index in [0.717, 1.165) is 0 Å². The summed E-state index contributed by atoms with van der Waals surface area (Å²) in [6, 6.07) is 0.0220. The van der Waals surface area contributed by atoms with E-state index >= 15 is 0 Å². The van der Waals surface area contributed by atoms with Gasteiger partial charge in [0.2, 0.25) is 5.89 Å². The van der Waals surface area contributed by atoms with Gasteiger partial charge in [0.15, 0.2) is 15.7 Å². The summed E-state index contributed by atoms with van der Waals surface area (Å²) >= 11 is 0.